The van der Waals surface area contributed by atoms with Crippen LogP contribution in [0.1, 0.15) is 67.7 Å². The van der Waals surface area contributed by atoms with Crippen LogP contribution in [0.5, 0.6) is 5.75 Å². The topological polar surface area (TPSA) is 46.6 Å². The maximum atomic E-state index is 14.0. The van der Waals surface area contributed by atoms with Gasteiger partial charge < -0.3 is 4.74 Å². The molecule has 0 saturated carbocycles. The van der Waals surface area contributed by atoms with E-state index in [0.717, 1.165) is 12.2 Å². The number of hydrogen-bond acceptors (Lipinski definition) is 3. The van der Waals surface area contributed by atoms with Gasteiger partial charge in [0.05, 0.1) is 24.1 Å². The first-order chi connectivity index (χ1) is 17.1. The number of hydrogen-bond donors (Lipinski definition) is 0. The summed E-state index contributed by atoms with van der Waals surface area (Å²) in [5, 5.41) is 0. The smallest absolute Gasteiger partial charge is 0.238 e. The number of carbonyl (C=O) groups is 2. The third-order valence-electron chi connectivity index (χ3n) is 8.40. The second-order valence-electron chi connectivity index (χ2n) is 10.3. The lowest BCUT2D eigenvalue weighted by molar-refractivity contribution is -0.123. The zero-order chi connectivity index (χ0) is 24.2. The van der Waals surface area contributed by atoms with Gasteiger partial charge in [-0.1, -0.05) is 81.6 Å². The summed E-state index contributed by atoms with van der Waals surface area (Å²) < 4.78 is 5.87. The fourth-order valence-corrected chi connectivity index (χ4v) is 6.82. The molecular formula is C31H31NO3. The summed E-state index contributed by atoms with van der Waals surface area (Å²) in [5.41, 5.74) is 4.83. The molecule has 1 saturated heterocycles. The highest BCUT2D eigenvalue weighted by Gasteiger charge is 2.66. The molecule has 0 aromatic heterocycles. The van der Waals surface area contributed by atoms with Gasteiger partial charge in [-0.25, -0.2) is 4.90 Å². The summed E-state index contributed by atoms with van der Waals surface area (Å²) in [7, 11) is 0. The number of carbonyl (C=O) groups excluding carboxylic acids is 2. The van der Waals surface area contributed by atoms with E-state index in [2.05, 4.69) is 38.1 Å². The van der Waals surface area contributed by atoms with Crippen molar-refractivity contribution in [1.82, 2.24) is 0 Å². The summed E-state index contributed by atoms with van der Waals surface area (Å²) in [6.45, 7) is 5.03. The van der Waals surface area contributed by atoms with Crippen LogP contribution in [0, 0.1) is 11.8 Å². The van der Waals surface area contributed by atoms with Crippen LogP contribution in [-0.4, -0.2) is 18.4 Å². The number of unbranched alkanes of at least 4 members (excludes halogenated alkanes) is 3. The predicted molar refractivity (Wildman–Crippen MR) is 137 cm³/mol. The molecule has 3 aliphatic carbocycles. The molecule has 3 aromatic carbocycles. The number of anilines is 1. The maximum Gasteiger partial charge on any atom is 0.238 e. The van der Waals surface area contributed by atoms with Crippen LogP contribution in [0.2, 0.25) is 0 Å². The molecule has 7 rings (SSSR count). The second-order valence-corrected chi connectivity index (χ2v) is 10.3. The molecular weight excluding hydrogens is 434 g/mol. The molecule has 0 N–H and O–H groups in total. The molecule has 1 fully saturated rings. The zero-order valence-electron chi connectivity index (χ0n) is 20.4. The van der Waals surface area contributed by atoms with E-state index in [0.29, 0.717) is 12.3 Å². The van der Waals surface area contributed by atoms with Crippen molar-refractivity contribution in [2.75, 3.05) is 11.5 Å². The Bertz CT molecular complexity index is 1250. The molecule has 2 amide bonds. The van der Waals surface area contributed by atoms with Gasteiger partial charge in [0, 0.05) is 11.3 Å². The highest BCUT2D eigenvalue weighted by Crippen LogP contribution is 2.64. The van der Waals surface area contributed by atoms with Gasteiger partial charge >= 0.3 is 0 Å². The highest BCUT2D eigenvalue weighted by molar-refractivity contribution is 6.23. The maximum absolute atomic E-state index is 14.0. The number of benzene rings is 3. The average molecular weight is 466 g/mol. The molecule has 35 heavy (non-hydrogen) atoms. The van der Waals surface area contributed by atoms with Crippen LogP contribution in [0.4, 0.5) is 5.69 Å². The number of nitrogens with zero attached hydrogens (tertiary/aromatic N) is 1. The molecule has 178 valence electrons. The summed E-state index contributed by atoms with van der Waals surface area (Å²) in [4.78, 5) is 29.4. The molecule has 1 heterocycles. The van der Waals surface area contributed by atoms with Gasteiger partial charge in [-0.05, 0) is 52.9 Å². The standard InChI is InChI=1S/C31H31NO3/c1-3-4-5-10-19-35-21-17-15-20(16-18-21)32-29(33)27-26-22-11-6-8-13-24(22)31(2,28(27)30(32)34)25-14-9-7-12-23(25)26/h6-9,11-18,26-28H,3-5,10,19H2,1-2H3/t26?,27-,28-,31?/m0/s1. The van der Waals surface area contributed by atoms with Crippen molar-refractivity contribution in [3.05, 3.63) is 95.1 Å². The third kappa shape index (κ3) is 3.12. The van der Waals surface area contributed by atoms with Gasteiger partial charge in [-0.15, -0.1) is 0 Å². The molecule has 2 atom stereocenters. The molecule has 4 heteroatoms. The molecule has 0 radical (unpaired) electrons. The lowest BCUT2D eigenvalue weighted by Gasteiger charge is -2.52. The van der Waals surface area contributed by atoms with Crippen molar-refractivity contribution in [2.45, 2.75) is 50.9 Å². The van der Waals surface area contributed by atoms with Crippen molar-refractivity contribution in [2.24, 2.45) is 11.8 Å². The van der Waals surface area contributed by atoms with Gasteiger partial charge in [0.25, 0.3) is 0 Å². The van der Waals surface area contributed by atoms with E-state index in [9.17, 15) is 9.59 Å². The molecule has 4 nitrogen and oxygen atoms in total. The SMILES string of the molecule is CCCCCCOc1ccc(N2C(=O)[C@@H]3[C@@H](C2=O)C2c4ccccc4C3(C)c3ccccc32)cc1. The average Bonchev–Trinajstić information content (AvgIpc) is 3.16. The third-order valence-corrected chi connectivity index (χ3v) is 8.40. The number of amides is 2. The summed E-state index contributed by atoms with van der Waals surface area (Å²) in [6, 6.07) is 24.2. The number of rotatable bonds is 7. The Kier molecular flexibility index (Phi) is 5.28. The van der Waals surface area contributed by atoms with E-state index in [1.54, 1.807) is 0 Å². The fourth-order valence-electron chi connectivity index (χ4n) is 6.82. The largest absolute Gasteiger partial charge is 0.494 e. The van der Waals surface area contributed by atoms with Gasteiger partial charge in [-0.2, -0.15) is 0 Å². The summed E-state index contributed by atoms with van der Waals surface area (Å²) in [5.74, 6) is -0.292. The van der Waals surface area contributed by atoms with Gasteiger partial charge in [-0.3, -0.25) is 9.59 Å². The van der Waals surface area contributed by atoms with E-state index >= 15 is 0 Å². The predicted octanol–water partition coefficient (Wildman–Crippen LogP) is 6.22. The van der Waals surface area contributed by atoms with Crippen molar-refractivity contribution >= 4 is 17.5 Å². The Labute approximate surface area is 206 Å². The number of ether oxygens (including phenoxy) is 1. The zero-order valence-corrected chi connectivity index (χ0v) is 20.4. The van der Waals surface area contributed by atoms with E-state index < -0.39 is 11.3 Å². The van der Waals surface area contributed by atoms with E-state index in [1.165, 1.54) is 46.4 Å². The summed E-state index contributed by atoms with van der Waals surface area (Å²) >= 11 is 0. The van der Waals surface area contributed by atoms with Crippen molar-refractivity contribution in [1.29, 1.82) is 0 Å². The molecule has 3 aromatic rings. The first kappa shape index (κ1) is 22.1. The second kappa shape index (κ2) is 8.37. The van der Waals surface area contributed by atoms with Gasteiger partial charge in [0.2, 0.25) is 11.8 Å². The Morgan fingerprint density at radius 2 is 1.43 bits per heavy atom. The highest BCUT2D eigenvalue weighted by atomic mass is 16.5. The van der Waals surface area contributed by atoms with Crippen molar-refractivity contribution in [3.8, 4) is 5.75 Å². The fraction of sp³-hybridized carbons (Fsp3) is 0.355. The minimum atomic E-state index is -0.532. The van der Waals surface area contributed by atoms with E-state index in [4.69, 9.17) is 4.74 Å². The Hall–Kier alpha value is -3.40. The Morgan fingerprint density at radius 1 is 0.800 bits per heavy atom. The van der Waals surface area contributed by atoms with Gasteiger partial charge in [0.1, 0.15) is 5.75 Å². The lowest BCUT2D eigenvalue weighted by atomic mass is 9.48. The van der Waals surface area contributed by atoms with Crippen LogP contribution in [0.25, 0.3) is 0 Å². The van der Waals surface area contributed by atoms with Crippen LogP contribution < -0.4 is 9.64 Å². The van der Waals surface area contributed by atoms with Crippen LogP contribution in [0.15, 0.2) is 72.8 Å². The minimum absolute atomic E-state index is 0.0894. The normalized spacial score (nSPS) is 25.9. The Morgan fingerprint density at radius 3 is 2.06 bits per heavy atom. The van der Waals surface area contributed by atoms with Crippen molar-refractivity contribution < 1.29 is 14.3 Å². The quantitative estimate of drug-likeness (QED) is 0.308. The van der Waals surface area contributed by atoms with Crippen molar-refractivity contribution in [3.63, 3.8) is 0 Å². The molecule has 4 aliphatic rings. The number of imide groups is 1. The van der Waals surface area contributed by atoms with Gasteiger partial charge in [0.15, 0.2) is 0 Å². The van der Waals surface area contributed by atoms with E-state index in [1.807, 2.05) is 48.5 Å². The van der Waals surface area contributed by atoms with Crippen LogP contribution in [0.3, 0.4) is 0 Å². The lowest BCUT2D eigenvalue weighted by Crippen LogP contribution is -2.51. The van der Waals surface area contributed by atoms with E-state index in [-0.39, 0.29) is 23.7 Å². The first-order valence-electron chi connectivity index (χ1n) is 12.9. The first-order valence-corrected chi connectivity index (χ1v) is 12.9. The van der Waals surface area contributed by atoms with Crippen LogP contribution in [-0.2, 0) is 15.0 Å². The molecule has 1 aliphatic heterocycles. The molecule has 2 bridgehead atoms. The minimum Gasteiger partial charge on any atom is -0.494 e. The van der Waals surface area contributed by atoms with Crippen LogP contribution >= 0.6 is 0 Å². The monoisotopic (exact) mass is 465 g/mol. The molecule has 0 spiro atoms. The molecule has 0 unspecified atom stereocenters. The summed E-state index contributed by atoms with van der Waals surface area (Å²) in [6.07, 6.45) is 4.62. The Balaban J connectivity index is 1.34.